The molecule has 0 unspecified atom stereocenters. The maximum Gasteiger partial charge on any atom is 0.326 e. The van der Waals surface area contributed by atoms with Gasteiger partial charge in [0, 0.05) is 5.69 Å². The maximum atomic E-state index is 12.5. The Morgan fingerprint density at radius 1 is 1.00 bits per heavy atom. The lowest BCUT2D eigenvalue weighted by Crippen LogP contribution is -2.36. The summed E-state index contributed by atoms with van der Waals surface area (Å²) in [5.74, 6) is -0.934. The first-order valence-electron chi connectivity index (χ1n) is 9.87. The average Bonchev–Trinajstić information content (AvgIpc) is 2.77. The Morgan fingerprint density at radius 3 is 2.37 bits per heavy atom. The predicted octanol–water partition coefficient (Wildman–Crippen LogP) is 3.51. The highest BCUT2D eigenvalue weighted by Gasteiger charge is 2.20. The van der Waals surface area contributed by atoms with Crippen LogP contribution in [0.25, 0.3) is 0 Å². The Labute approximate surface area is 176 Å². The molecule has 0 bridgehead atoms. The number of carbonyl (C=O) groups is 3. The van der Waals surface area contributed by atoms with E-state index in [1.54, 1.807) is 24.3 Å². The second-order valence-corrected chi connectivity index (χ2v) is 6.90. The van der Waals surface area contributed by atoms with E-state index in [2.05, 4.69) is 24.5 Å². The zero-order chi connectivity index (χ0) is 22.1. The van der Waals surface area contributed by atoms with Crippen LogP contribution in [0, 0.1) is 0 Å². The summed E-state index contributed by atoms with van der Waals surface area (Å²) in [7, 11) is 1.46. The van der Waals surface area contributed by atoms with Crippen molar-refractivity contribution in [3.8, 4) is 5.75 Å². The van der Waals surface area contributed by atoms with Crippen LogP contribution in [-0.2, 0) is 14.3 Å². The second kappa shape index (κ2) is 11.0. The van der Waals surface area contributed by atoms with Crippen molar-refractivity contribution in [3.63, 3.8) is 0 Å². The molecule has 7 heteroatoms. The molecule has 2 N–H and O–H groups in total. The van der Waals surface area contributed by atoms with Gasteiger partial charge < -0.3 is 20.1 Å². The molecule has 7 nitrogen and oxygen atoms in total. The summed E-state index contributed by atoms with van der Waals surface area (Å²) in [6.07, 6.45) is -0.0748. The van der Waals surface area contributed by atoms with Gasteiger partial charge in [-0.15, -0.1) is 0 Å². The average molecular weight is 412 g/mol. The van der Waals surface area contributed by atoms with Gasteiger partial charge in [0.25, 0.3) is 11.8 Å². The number of nitrogens with one attached hydrogen (secondary N) is 2. The van der Waals surface area contributed by atoms with Crippen LogP contribution in [0.15, 0.2) is 48.5 Å². The van der Waals surface area contributed by atoms with Crippen LogP contribution in [0.1, 0.15) is 49.0 Å². The van der Waals surface area contributed by atoms with Crippen molar-refractivity contribution >= 4 is 23.5 Å². The number of amides is 2. The topological polar surface area (TPSA) is 93.7 Å². The van der Waals surface area contributed by atoms with Gasteiger partial charge in [-0.2, -0.15) is 0 Å². The van der Waals surface area contributed by atoms with Crippen LogP contribution >= 0.6 is 0 Å². The van der Waals surface area contributed by atoms with Crippen molar-refractivity contribution in [1.82, 2.24) is 5.32 Å². The van der Waals surface area contributed by atoms with Crippen LogP contribution < -0.4 is 15.4 Å². The minimum atomic E-state index is -1.01. The predicted molar refractivity (Wildman–Crippen MR) is 115 cm³/mol. The van der Waals surface area contributed by atoms with Crippen LogP contribution in [0.2, 0.25) is 0 Å². The van der Waals surface area contributed by atoms with Crippen molar-refractivity contribution in [3.05, 3.63) is 59.7 Å². The third-order valence-electron chi connectivity index (χ3n) is 4.78. The first-order valence-corrected chi connectivity index (χ1v) is 9.87. The standard InChI is InChI=1S/C23H28N2O5/c1-5-15(2)17-10-6-8-12-19(17)25-22(27)16(3)30-21(26)14-24-23(28)18-11-7-9-13-20(18)29-4/h6-13,15-16H,5,14H2,1-4H3,(H,24,28)(H,25,27)/t15-,16+/m0/s1. The molecule has 30 heavy (non-hydrogen) atoms. The largest absolute Gasteiger partial charge is 0.496 e. The van der Waals surface area contributed by atoms with Gasteiger partial charge in [-0.1, -0.05) is 44.2 Å². The van der Waals surface area contributed by atoms with Crippen molar-refractivity contribution in [2.75, 3.05) is 19.0 Å². The molecule has 0 fully saturated rings. The van der Waals surface area contributed by atoms with Crippen LogP contribution in [0.5, 0.6) is 5.75 Å². The fraction of sp³-hybridized carbons (Fsp3) is 0.348. The van der Waals surface area contributed by atoms with Gasteiger partial charge in [-0.05, 0) is 43.0 Å². The molecule has 0 radical (unpaired) electrons. The normalized spacial score (nSPS) is 12.4. The van der Waals surface area contributed by atoms with E-state index in [4.69, 9.17) is 9.47 Å². The minimum Gasteiger partial charge on any atom is -0.496 e. The summed E-state index contributed by atoms with van der Waals surface area (Å²) >= 11 is 0. The first-order chi connectivity index (χ1) is 14.4. The SMILES string of the molecule is CC[C@H](C)c1ccccc1NC(=O)[C@@H](C)OC(=O)CNC(=O)c1ccccc1OC. The molecule has 0 aliphatic rings. The van der Waals surface area contributed by atoms with Gasteiger partial charge in [0.2, 0.25) is 0 Å². The minimum absolute atomic E-state index is 0.282. The van der Waals surface area contributed by atoms with Crippen LogP contribution in [0.4, 0.5) is 5.69 Å². The number of esters is 1. The van der Waals surface area contributed by atoms with Crippen LogP contribution in [0.3, 0.4) is 0 Å². The van der Waals surface area contributed by atoms with Crippen molar-refractivity contribution in [2.24, 2.45) is 0 Å². The number of hydrogen-bond acceptors (Lipinski definition) is 5. The van der Waals surface area contributed by atoms with Crippen molar-refractivity contribution < 1.29 is 23.9 Å². The highest BCUT2D eigenvalue weighted by molar-refractivity contribution is 5.99. The number of rotatable bonds is 9. The Kier molecular flexibility index (Phi) is 8.41. The third-order valence-corrected chi connectivity index (χ3v) is 4.78. The highest BCUT2D eigenvalue weighted by atomic mass is 16.5. The summed E-state index contributed by atoms with van der Waals surface area (Å²) in [5, 5.41) is 5.29. The molecular weight excluding hydrogens is 384 g/mol. The lowest BCUT2D eigenvalue weighted by Gasteiger charge is -2.18. The molecule has 160 valence electrons. The Balaban J connectivity index is 1.90. The van der Waals surface area contributed by atoms with Gasteiger partial charge >= 0.3 is 5.97 Å². The molecule has 2 aromatic rings. The number of carbonyl (C=O) groups excluding carboxylic acids is 3. The van der Waals surface area contributed by atoms with E-state index in [1.165, 1.54) is 14.0 Å². The molecule has 0 aromatic heterocycles. The number of ether oxygens (including phenoxy) is 2. The number of anilines is 1. The van der Waals surface area contributed by atoms with Gasteiger partial charge in [-0.3, -0.25) is 14.4 Å². The number of benzene rings is 2. The molecular formula is C23H28N2O5. The number of methoxy groups -OCH3 is 1. The number of hydrogen-bond donors (Lipinski definition) is 2. The van der Waals surface area contributed by atoms with Crippen molar-refractivity contribution in [2.45, 2.75) is 39.2 Å². The fourth-order valence-corrected chi connectivity index (χ4v) is 2.87. The molecule has 0 aliphatic carbocycles. The summed E-state index contributed by atoms with van der Waals surface area (Å²) in [5.41, 5.74) is 2.03. The Bertz CT molecular complexity index is 897. The zero-order valence-electron chi connectivity index (χ0n) is 17.7. The molecule has 0 heterocycles. The van der Waals surface area contributed by atoms with E-state index >= 15 is 0 Å². The van der Waals surface area contributed by atoms with Gasteiger partial charge in [0.05, 0.1) is 12.7 Å². The lowest BCUT2D eigenvalue weighted by molar-refractivity contribution is -0.152. The highest BCUT2D eigenvalue weighted by Crippen LogP contribution is 2.26. The number of para-hydroxylation sites is 2. The quantitative estimate of drug-likeness (QED) is 0.615. The molecule has 0 spiro atoms. The van der Waals surface area contributed by atoms with E-state index < -0.39 is 23.9 Å². The molecule has 0 saturated heterocycles. The summed E-state index contributed by atoms with van der Waals surface area (Å²) in [6.45, 7) is 5.28. The maximum absolute atomic E-state index is 12.5. The van der Waals surface area contributed by atoms with Crippen LogP contribution in [-0.4, -0.2) is 37.5 Å². The smallest absolute Gasteiger partial charge is 0.326 e. The summed E-state index contributed by atoms with van der Waals surface area (Å²) in [4.78, 5) is 36.8. The zero-order valence-corrected chi connectivity index (χ0v) is 17.7. The molecule has 2 atom stereocenters. The third kappa shape index (κ3) is 6.07. The lowest BCUT2D eigenvalue weighted by atomic mass is 9.97. The molecule has 2 rings (SSSR count). The summed E-state index contributed by atoms with van der Waals surface area (Å²) < 4.78 is 10.3. The van der Waals surface area contributed by atoms with Gasteiger partial charge in [-0.25, -0.2) is 0 Å². The Hall–Kier alpha value is -3.35. The van der Waals surface area contributed by atoms with Gasteiger partial charge in [0.15, 0.2) is 6.10 Å². The van der Waals surface area contributed by atoms with Crippen molar-refractivity contribution in [1.29, 1.82) is 0 Å². The van der Waals surface area contributed by atoms with E-state index in [0.29, 0.717) is 17.0 Å². The monoisotopic (exact) mass is 412 g/mol. The molecule has 0 aliphatic heterocycles. The van der Waals surface area contributed by atoms with E-state index in [9.17, 15) is 14.4 Å². The van der Waals surface area contributed by atoms with E-state index in [0.717, 1.165) is 12.0 Å². The first kappa shape index (κ1) is 22.9. The Morgan fingerprint density at radius 2 is 1.67 bits per heavy atom. The van der Waals surface area contributed by atoms with Gasteiger partial charge in [0.1, 0.15) is 12.3 Å². The fourth-order valence-electron chi connectivity index (χ4n) is 2.87. The molecule has 2 amide bonds. The molecule has 2 aromatic carbocycles. The summed E-state index contributed by atoms with van der Waals surface area (Å²) in [6, 6.07) is 14.2. The van der Waals surface area contributed by atoms with E-state index in [1.807, 2.05) is 24.3 Å². The van der Waals surface area contributed by atoms with E-state index in [-0.39, 0.29) is 12.5 Å². The molecule has 0 saturated carbocycles. The second-order valence-electron chi connectivity index (χ2n) is 6.90.